The summed E-state index contributed by atoms with van der Waals surface area (Å²) in [6, 6.07) is 6.42. The number of rotatable bonds is 2. The molecule has 0 spiro atoms. The van der Waals surface area contributed by atoms with Crippen LogP contribution in [0, 0.1) is 0 Å². The number of fused-ring (bicyclic) bond motifs is 1. The summed E-state index contributed by atoms with van der Waals surface area (Å²) in [6.45, 7) is 10.9. The summed E-state index contributed by atoms with van der Waals surface area (Å²) in [5, 5.41) is 11.9. The highest BCUT2D eigenvalue weighted by molar-refractivity contribution is 5.86. The maximum absolute atomic E-state index is 9.49. The van der Waals surface area contributed by atoms with E-state index in [0.717, 1.165) is 10.9 Å². The van der Waals surface area contributed by atoms with Gasteiger partial charge in [0.2, 0.25) is 0 Å². The molecule has 0 fully saturated rings. The SMILES string of the molecule is CC(C)(C)c1cncc2cc(C(C)(C)CO)ccc12. The van der Waals surface area contributed by atoms with E-state index in [9.17, 15) is 5.11 Å². The van der Waals surface area contributed by atoms with Crippen LogP contribution in [0.15, 0.2) is 30.6 Å². The van der Waals surface area contributed by atoms with Crippen molar-refractivity contribution in [3.05, 3.63) is 41.7 Å². The molecular formula is C17H23NO. The summed E-state index contributed by atoms with van der Waals surface area (Å²) in [6.07, 6.45) is 3.86. The predicted octanol–water partition coefficient (Wildman–Crippen LogP) is 3.80. The van der Waals surface area contributed by atoms with Crippen molar-refractivity contribution in [2.45, 2.75) is 45.4 Å². The van der Waals surface area contributed by atoms with Crippen molar-refractivity contribution in [1.29, 1.82) is 0 Å². The summed E-state index contributed by atoms with van der Waals surface area (Å²) in [5.41, 5.74) is 2.28. The monoisotopic (exact) mass is 257 g/mol. The Kier molecular flexibility index (Phi) is 3.40. The van der Waals surface area contributed by atoms with Crippen LogP contribution >= 0.6 is 0 Å². The van der Waals surface area contributed by atoms with Crippen LogP contribution in [-0.2, 0) is 10.8 Å². The molecule has 0 bridgehead atoms. The smallest absolute Gasteiger partial charge is 0.0522 e. The van der Waals surface area contributed by atoms with Crippen molar-refractivity contribution in [2.75, 3.05) is 6.61 Å². The van der Waals surface area contributed by atoms with Crippen molar-refractivity contribution >= 4 is 10.8 Å². The molecule has 2 aromatic rings. The molecule has 0 aliphatic rings. The van der Waals surface area contributed by atoms with E-state index < -0.39 is 0 Å². The van der Waals surface area contributed by atoms with Gasteiger partial charge in [-0.3, -0.25) is 4.98 Å². The average Bonchev–Trinajstić information content (AvgIpc) is 2.36. The summed E-state index contributed by atoms with van der Waals surface area (Å²) < 4.78 is 0. The molecule has 102 valence electrons. The van der Waals surface area contributed by atoms with Crippen molar-refractivity contribution < 1.29 is 5.11 Å². The molecule has 0 saturated carbocycles. The average molecular weight is 257 g/mol. The summed E-state index contributed by atoms with van der Waals surface area (Å²) in [7, 11) is 0. The number of hydrogen-bond donors (Lipinski definition) is 1. The van der Waals surface area contributed by atoms with Gasteiger partial charge in [0.05, 0.1) is 6.61 Å². The Morgan fingerprint density at radius 3 is 2.32 bits per heavy atom. The zero-order valence-corrected chi connectivity index (χ0v) is 12.5. The van der Waals surface area contributed by atoms with E-state index in [0.29, 0.717) is 0 Å². The van der Waals surface area contributed by atoms with Crippen LogP contribution < -0.4 is 0 Å². The normalized spacial score (nSPS) is 12.9. The third-order valence-corrected chi connectivity index (χ3v) is 3.74. The van der Waals surface area contributed by atoms with Gasteiger partial charge in [-0.05, 0) is 28.0 Å². The number of nitrogens with zero attached hydrogens (tertiary/aromatic N) is 1. The molecule has 1 aromatic heterocycles. The molecule has 0 amide bonds. The highest BCUT2D eigenvalue weighted by atomic mass is 16.3. The fraction of sp³-hybridized carbons (Fsp3) is 0.471. The molecule has 2 heteroatoms. The quantitative estimate of drug-likeness (QED) is 0.887. The Morgan fingerprint density at radius 2 is 1.74 bits per heavy atom. The molecule has 0 radical (unpaired) electrons. The zero-order valence-electron chi connectivity index (χ0n) is 12.5. The molecule has 0 atom stereocenters. The minimum atomic E-state index is -0.216. The van der Waals surface area contributed by atoms with Gasteiger partial charge in [0, 0.05) is 23.2 Å². The maximum atomic E-state index is 9.49. The van der Waals surface area contributed by atoms with E-state index in [1.54, 1.807) is 0 Å². The van der Waals surface area contributed by atoms with Gasteiger partial charge in [-0.25, -0.2) is 0 Å². The fourth-order valence-electron chi connectivity index (χ4n) is 2.29. The van der Waals surface area contributed by atoms with Crippen molar-refractivity contribution in [3.8, 4) is 0 Å². The second kappa shape index (κ2) is 4.61. The van der Waals surface area contributed by atoms with Crippen LogP contribution in [0.2, 0.25) is 0 Å². The number of aliphatic hydroxyl groups excluding tert-OH is 1. The fourth-order valence-corrected chi connectivity index (χ4v) is 2.29. The van der Waals surface area contributed by atoms with Gasteiger partial charge in [-0.1, -0.05) is 46.8 Å². The van der Waals surface area contributed by atoms with Gasteiger partial charge in [0.15, 0.2) is 0 Å². The van der Waals surface area contributed by atoms with Crippen LogP contribution in [0.3, 0.4) is 0 Å². The molecule has 2 rings (SSSR count). The first-order valence-corrected chi connectivity index (χ1v) is 6.75. The van der Waals surface area contributed by atoms with Crippen molar-refractivity contribution in [3.63, 3.8) is 0 Å². The summed E-state index contributed by atoms with van der Waals surface area (Å²) >= 11 is 0. The lowest BCUT2D eigenvalue weighted by atomic mass is 9.82. The van der Waals surface area contributed by atoms with Gasteiger partial charge in [-0.2, -0.15) is 0 Å². The number of hydrogen-bond acceptors (Lipinski definition) is 2. The van der Waals surface area contributed by atoms with E-state index >= 15 is 0 Å². The Bertz CT molecular complexity index is 594. The van der Waals surface area contributed by atoms with Gasteiger partial charge in [0.1, 0.15) is 0 Å². The lowest BCUT2D eigenvalue weighted by Crippen LogP contribution is -2.22. The Labute approximate surface area is 115 Å². The lowest BCUT2D eigenvalue weighted by Gasteiger charge is -2.24. The zero-order chi connectivity index (χ0) is 14.3. The molecule has 0 unspecified atom stereocenters. The lowest BCUT2D eigenvalue weighted by molar-refractivity contribution is 0.218. The number of aromatic nitrogens is 1. The first-order valence-electron chi connectivity index (χ1n) is 6.75. The maximum Gasteiger partial charge on any atom is 0.0522 e. The van der Waals surface area contributed by atoms with Crippen LogP contribution in [0.1, 0.15) is 45.7 Å². The largest absolute Gasteiger partial charge is 0.395 e. The van der Waals surface area contributed by atoms with Crippen molar-refractivity contribution in [2.24, 2.45) is 0 Å². The summed E-state index contributed by atoms with van der Waals surface area (Å²) in [5.74, 6) is 0. The molecule has 1 heterocycles. The van der Waals surface area contributed by atoms with Gasteiger partial charge < -0.3 is 5.11 Å². The third kappa shape index (κ3) is 2.64. The molecule has 1 N–H and O–H groups in total. The first-order chi connectivity index (χ1) is 8.75. The molecule has 19 heavy (non-hydrogen) atoms. The van der Waals surface area contributed by atoms with Crippen LogP contribution in [0.5, 0.6) is 0 Å². The molecule has 0 aliphatic heterocycles. The predicted molar refractivity (Wildman–Crippen MR) is 80.6 cm³/mol. The summed E-state index contributed by atoms with van der Waals surface area (Å²) in [4.78, 5) is 4.37. The topological polar surface area (TPSA) is 33.1 Å². The van der Waals surface area contributed by atoms with Crippen molar-refractivity contribution in [1.82, 2.24) is 4.98 Å². The minimum Gasteiger partial charge on any atom is -0.395 e. The second-order valence-electron chi connectivity index (χ2n) is 6.91. The van der Waals surface area contributed by atoms with E-state index in [1.165, 1.54) is 10.9 Å². The van der Waals surface area contributed by atoms with Crippen LogP contribution in [0.25, 0.3) is 10.8 Å². The van der Waals surface area contributed by atoms with E-state index in [2.05, 4.69) is 57.8 Å². The highest BCUT2D eigenvalue weighted by Crippen LogP contribution is 2.32. The Morgan fingerprint density at radius 1 is 1.05 bits per heavy atom. The molecule has 0 aliphatic carbocycles. The van der Waals surface area contributed by atoms with E-state index in [4.69, 9.17) is 0 Å². The molecule has 1 aromatic carbocycles. The standard InChI is InChI=1S/C17H23NO/c1-16(2,3)15-10-18-9-12-8-13(6-7-14(12)15)17(4,5)11-19/h6-10,19H,11H2,1-5H3. The van der Waals surface area contributed by atoms with Gasteiger partial charge in [-0.15, -0.1) is 0 Å². The Balaban J connectivity index is 2.64. The number of aliphatic hydroxyl groups is 1. The van der Waals surface area contributed by atoms with Gasteiger partial charge >= 0.3 is 0 Å². The molecule has 2 nitrogen and oxygen atoms in total. The highest BCUT2D eigenvalue weighted by Gasteiger charge is 2.21. The van der Waals surface area contributed by atoms with Crippen LogP contribution in [-0.4, -0.2) is 16.7 Å². The van der Waals surface area contributed by atoms with Gasteiger partial charge in [0.25, 0.3) is 0 Å². The van der Waals surface area contributed by atoms with Crippen LogP contribution in [0.4, 0.5) is 0 Å². The minimum absolute atomic E-state index is 0.0839. The first kappa shape index (κ1) is 14.0. The number of pyridine rings is 1. The number of benzene rings is 1. The Hall–Kier alpha value is -1.41. The second-order valence-corrected chi connectivity index (χ2v) is 6.91. The van der Waals surface area contributed by atoms with E-state index in [1.807, 2.05) is 12.4 Å². The van der Waals surface area contributed by atoms with E-state index in [-0.39, 0.29) is 17.4 Å². The molecule has 0 saturated heterocycles. The molecular weight excluding hydrogens is 234 g/mol. The third-order valence-electron chi connectivity index (χ3n) is 3.74.